The molecule has 0 atom stereocenters. The minimum atomic E-state index is 0.504. The molecule has 74 valence electrons. The maximum atomic E-state index is 3.74. The van der Waals surface area contributed by atoms with Gasteiger partial charge in [-0.2, -0.15) is 0 Å². The van der Waals surface area contributed by atoms with Gasteiger partial charge in [0.25, 0.3) is 0 Å². The van der Waals surface area contributed by atoms with Crippen LogP contribution in [0.5, 0.6) is 0 Å². The second-order valence-corrected chi connectivity index (χ2v) is 3.49. The first kappa shape index (κ1) is 12.0. The zero-order valence-corrected chi connectivity index (χ0v) is 8.79. The van der Waals surface area contributed by atoms with Gasteiger partial charge in [-0.05, 0) is 38.8 Å². The van der Waals surface area contributed by atoms with Crippen LogP contribution in [0, 0.1) is 5.92 Å². The Morgan fingerprint density at radius 2 is 1.69 bits per heavy atom. The normalized spacial score (nSPS) is 11.1. The lowest BCUT2D eigenvalue weighted by molar-refractivity contribution is 0.653. The van der Waals surface area contributed by atoms with Gasteiger partial charge in [0.2, 0.25) is 0 Å². The van der Waals surface area contributed by atoms with Crippen LogP contribution in [-0.2, 0) is 0 Å². The maximum Gasteiger partial charge on any atom is 0.0199 e. The Labute approximate surface area is 82.2 Å². The first-order valence-electron chi connectivity index (χ1n) is 4.85. The van der Waals surface area contributed by atoms with Crippen LogP contribution in [0.25, 0.3) is 0 Å². The molecule has 1 nitrogen and oxygen atoms in total. The van der Waals surface area contributed by atoms with E-state index >= 15 is 0 Å². The van der Waals surface area contributed by atoms with E-state index in [9.17, 15) is 0 Å². The largest absolute Gasteiger partial charge is 0.389 e. The van der Waals surface area contributed by atoms with Gasteiger partial charge in [-0.1, -0.05) is 18.2 Å². The van der Waals surface area contributed by atoms with Crippen molar-refractivity contribution < 1.29 is 0 Å². The zero-order valence-electron chi connectivity index (χ0n) is 8.79. The fourth-order valence-corrected chi connectivity index (χ4v) is 1.07. The standard InChI is InChI=1S/C12H21N/c1-5-7-12(8-6-2)9-10-13-11(3)4/h5-6,9-13H,1-2,7-8H2,3-4H3. The summed E-state index contributed by atoms with van der Waals surface area (Å²) in [5, 5.41) is 3.24. The SMILES string of the molecule is C=CCC(C=CNC(C)C)CC=C. The van der Waals surface area contributed by atoms with E-state index in [1.807, 2.05) is 18.4 Å². The quantitative estimate of drug-likeness (QED) is 0.591. The van der Waals surface area contributed by atoms with Crippen molar-refractivity contribution in [3.63, 3.8) is 0 Å². The van der Waals surface area contributed by atoms with E-state index in [1.54, 1.807) is 0 Å². The summed E-state index contributed by atoms with van der Waals surface area (Å²) < 4.78 is 0. The van der Waals surface area contributed by atoms with Crippen molar-refractivity contribution in [1.82, 2.24) is 5.32 Å². The predicted molar refractivity (Wildman–Crippen MR) is 60.5 cm³/mol. The Balaban J connectivity index is 3.84. The molecule has 0 aromatic heterocycles. The van der Waals surface area contributed by atoms with Crippen LogP contribution in [0.4, 0.5) is 0 Å². The molecule has 0 aromatic rings. The second-order valence-electron chi connectivity index (χ2n) is 3.49. The van der Waals surface area contributed by atoms with E-state index < -0.39 is 0 Å². The summed E-state index contributed by atoms with van der Waals surface area (Å²) in [4.78, 5) is 0. The van der Waals surface area contributed by atoms with Gasteiger partial charge in [0.15, 0.2) is 0 Å². The van der Waals surface area contributed by atoms with Crippen molar-refractivity contribution in [2.75, 3.05) is 0 Å². The van der Waals surface area contributed by atoms with E-state index in [2.05, 4.69) is 38.4 Å². The molecule has 0 spiro atoms. The average molecular weight is 179 g/mol. The third-order valence-corrected chi connectivity index (χ3v) is 1.74. The minimum Gasteiger partial charge on any atom is -0.389 e. The van der Waals surface area contributed by atoms with Crippen molar-refractivity contribution in [1.29, 1.82) is 0 Å². The molecule has 0 aromatic carbocycles. The van der Waals surface area contributed by atoms with E-state index in [4.69, 9.17) is 0 Å². The van der Waals surface area contributed by atoms with E-state index in [0.717, 1.165) is 12.8 Å². The van der Waals surface area contributed by atoms with Gasteiger partial charge in [0.05, 0.1) is 0 Å². The fourth-order valence-electron chi connectivity index (χ4n) is 1.07. The number of hydrogen-bond donors (Lipinski definition) is 1. The molecule has 1 heteroatoms. The molecule has 0 aliphatic carbocycles. The van der Waals surface area contributed by atoms with E-state index in [1.165, 1.54) is 0 Å². The molecule has 0 aliphatic rings. The van der Waals surface area contributed by atoms with Crippen molar-refractivity contribution in [2.24, 2.45) is 5.92 Å². The molecule has 0 aliphatic heterocycles. The van der Waals surface area contributed by atoms with Gasteiger partial charge < -0.3 is 5.32 Å². The Morgan fingerprint density at radius 1 is 1.15 bits per heavy atom. The molecule has 0 amide bonds. The van der Waals surface area contributed by atoms with Crippen LogP contribution in [0.3, 0.4) is 0 Å². The van der Waals surface area contributed by atoms with Crippen LogP contribution in [-0.4, -0.2) is 6.04 Å². The monoisotopic (exact) mass is 179 g/mol. The number of nitrogens with one attached hydrogen (secondary N) is 1. The van der Waals surface area contributed by atoms with Crippen molar-refractivity contribution in [3.05, 3.63) is 37.6 Å². The van der Waals surface area contributed by atoms with Crippen LogP contribution >= 0.6 is 0 Å². The summed E-state index contributed by atoms with van der Waals surface area (Å²) in [6, 6.07) is 0.504. The van der Waals surface area contributed by atoms with Gasteiger partial charge in [0, 0.05) is 6.04 Å². The Hall–Kier alpha value is -0.980. The molecule has 0 fully saturated rings. The first-order chi connectivity index (χ1) is 6.20. The molecule has 1 N–H and O–H groups in total. The molecule has 0 rings (SSSR count). The highest BCUT2D eigenvalue weighted by Crippen LogP contribution is 2.10. The van der Waals surface area contributed by atoms with Crippen LogP contribution in [0.2, 0.25) is 0 Å². The summed E-state index contributed by atoms with van der Waals surface area (Å²) in [6.07, 6.45) is 10.2. The average Bonchev–Trinajstić information content (AvgIpc) is 2.04. The second kappa shape index (κ2) is 7.66. The Kier molecular flexibility index (Phi) is 7.08. The van der Waals surface area contributed by atoms with Crippen molar-refractivity contribution in [3.8, 4) is 0 Å². The van der Waals surface area contributed by atoms with Crippen LogP contribution < -0.4 is 5.32 Å². The molecule has 0 heterocycles. The van der Waals surface area contributed by atoms with E-state index in [-0.39, 0.29) is 0 Å². The number of hydrogen-bond acceptors (Lipinski definition) is 1. The van der Waals surface area contributed by atoms with E-state index in [0.29, 0.717) is 12.0 Å². The number of rotatable bonds is 7. The predicted octanol–water partition coefficient (Wildman–Crippen LogP) is 3.27. The summed E-state index contributed by atoms with van der Waals surface area (Å²) >= 11 is 0. The topological polar surface area (TPSA) is 12.0 Å². The van der Waals surface area contributed by atoms with Gasteiger partial charge in [0.1, 0.15) is 0 Å². The highest BCUT2D eigenvalue weighted by Gasteiger charge is 1.98. The molecule has 13 heavy (non-hydrogen) atoms. The fraction of sp³-hybridized carbons (Fsp3) is 0.500. The van der Waals surface area contributed by atoms with Gasteiger partial charge in [-0.25, -0.2) is 0 Å². The molecule has 0 radical (unpaired) electrons. The maximum absolute atomic E-state index is 3.74. The molecule has 0 unspecified atom stereocenters. The molecule has 0 saturated heterocycles. The summed E-state index contributed by atoms with van der Waals surface area (Å²) in [5.41, 5.74) is 0. The third-order valence-electron chi connectivity index (χ3n) is 1.74. The van der Waals surface area contributed by atoms with Crippen molar-refractivity contribution >= 4 is 0 Å². The third kappa shape index (κ3) is 7.38. The lowest BCUT2D eigenvalue weighted by Crippen LogP contribution is -2.15. The summed E-state index contributed by atoms with van der Waals surface area (Å²) in [5.74, 6) is 0.543. The molecular formula is C12H21N. The Morgan fingerprint density at radius 3 is 2.08 bits per heavy atom. The molecular weight excluding hydrogens is 158 g/mol. The lowest BCUT2D eigenvalue weighted by atomic mass is 10.0. The van der Waals surface area contributed by atoms with Gasteiger partial charge >= 0.3 is 0 Å². The smallest absolute Gasteiger partial charge is 0.0199 e. The summed E-state index contributed by atoms with van der Waals surface area (Å²) in [7, 11) is 0. The number of allylic oxidation sites excluding steroid dienone is 3. The highest BCUT2D eigenvalue weighted by molar-refractivity contribution is 4.93. The Bertz CT molecular complexity index is 158. The van der Waals surface area contributed by atoms with Crippen LogP contribution in [0.15, 0.2) is 37.6 Å². The minimum absolute atomic E-state index is 0.504. The van der Waals surface area contributed by atoms with Gasteiger partial charge in [-0.15, -0.1) is 13.2 Å². The lowest BCUT2D eigenvalue weighted by Gasteiger charge is -2.08. The highest BCUT2D eigenvalue weighted by atomic mass is 14.9. The van der Waals surface area contributed by atoms with Gasteiger partial charge in [-0.3, -0.25) is 0 Å². The van der Waals surface area contributed by atoms with Crippen molar-refractivity contribution in [2.45, 2.75) is 32.7 Å². The first-order valence-corrected chi connectivity index (χ1v) is 4.85. The zero-order chi connectivity index (χ0) is 10.1. The molecule has 0 saturated carbocycles. The molecule has 0 bridgehead atoms. The summed E-state index contributed by atoms with van der Waals surface area (Å²) in [6.45, 7) is 11.7. The van der Waals surface area contributed by atoms with Crippen LogP contribution in [0.1, 0.15) is 26.7 Å².